The fraction of sp³-hybridized carbons (Fsp3) is 0.600. The van der Waals surface area contributed by atoms with E-state index in [0.717, 1.165) is 15.6 Å². The fourth-order valence-corrected chi connectivity index (χ4v) is 2.53. The van der Waals surface area contributed by atoms with Gasteiger partial charge in [0.2, 0.25) is 0 Å². The zero-order chi connectivity index (χ0) is 9.97. The van der Waals surface area contributed by atoms with Gasteiger partial charge in [0.25, 0.3) is 0 Å². The van der Waals surface area contributed by atoms with Crippen LogP contribution >= 0.6 is 11.3 Å². The van der Waals surface area contributed by atoms with Gasteiger partial charge in [0.1, 0.15) is 5.01 Å². The van der Waals surface area contributed by atoms with Crippen molar-refractivity contribution in [2.75, 3.05) is 7.11 Å². The molecule has 1 aliphatic rings. The van der Waals surface area contributed by atoms with Gasteiger partial charge in [0.05, 0.1) is 24.8 Å². The predicted octanol–water partition coefficient (Wildman–Crippen LogP) is 2.23. The lowest BCUT2D eigenvalue weighted by Gasteiger charge is -1.92. The third-order valence-corrected chi connectivity index (χ3v) is 3.29. The Bertz CT molecular complexity index is 363. The van der Waals surface area contributed by atoms with E-state index in [4.69, 9.17) is 10.00 Å². The molecule has 3 nitrogen and oxygen atoms in total. The van der Waals surface area contributed by atoms with Crippen LogP contribution in [0, 0.1) is 11.3 Å². The van der Waals surface area contributed by atoms with Gasteiger partial charge in [-0.2, -0.15) is 5.26 Å². The van der Waals surface area contributed by atoms with Crippen molar-refractivity contribution in [2.45, 2.75) is 31.8 Å². The zero-order valence-corrected chi connectivity index (χ0v) is 8.93. The first-order valence-electron chi connectivity index (χ1n) is 4.69. The van der Waals surface area contributed by atoms with Gasteiger partial charge in [-0.1, -0.05) is 0 Å². The van der Waals surface area contributed by atoms with Crippen molar-refractivity contribution >= 4 is 11.3 Å². The van der Waals surface area contributed by atoms with Crippen molar-refractivity contribution in [1.29, 1.82) is 5.26 Å². The van der Waals surface area contributed by atoms with Crippen molar-refractivity contribution in [1.82, 2.24) is 4.98 Å². The highest BCUT2D eigenvalue weighted by atomic mass is 32.1. The van der Waals surface area contributed by atoms with E-state index in [2.05, 4.69) is 11.1 Å². The summed E-state index contributed by atoms with van der Waals surface area (Å²) in [5.41, 5.74) is 1.16. The maximum absolute atomic E-state index is 8.68. The summed E-state index contributed by atoms with van der Waals surface area (Å²) >= 11 is 1.62. The number of nitriles is 1. The molecule has 1 fully saturated rings. The lowest BCUT2D eigenvalue weighted by Crippen LogP contribution is -1.88. The summed E-state index contributed by atoms with van der Waals surface area (Å²) in [5.74, 6) is 0.625. The van der Waals surface area contributed by atoms with Crippen molar-refractivity contribution in [3.63, 3.8) is 0 Å². The van der Waals surface area contributed by atoms with Crippen LogP contribution in [0.4, 0.5) is 0 Å². The molecule has 0 bridgehead atoms. The molecule has 1 aliphatic carbocycles. The minimum atomic E-state index is 0.493. The molecule has 0 spiro atoms. The van der Waals surface area contributed by atoms with Crippen molar-refractivity contribution in [2.24, 2.45) is 0 Å². The predicted molar refractivity (Wildman–Crippen MR) is 54.1 cm³/mol. The van der Waals surface area contributed by atoms with Crippen molar-refractivity contribution < 1.29 is 4.74 Å². The Morgan fingerprint density at radius 2 is 2.43 bits per heavy atom. The van der Waals surface area contributed by atoms with Crippen LogP contribution in [-0.4, -0.2) is 12.1 Å². The topological polar surface area (TPSA) is 45.9 Å². The summed E-state index contributed by atoms with van der Waals surface area (Å²) in [7, 11) is 1.67. The average molecular weight is 208 g/mol. The Kier molecular flexibility index (Phi) is 2.80. The molecule has 14 heavy (non-hydrogen) atoms. The molecule has 0 aromatic carbocycles. The number of ether oxygens (including phenoxy) is 1. The maximum Gasteiger partial charge on any atom is 0.119 e. The van der Waals surface area contributed by atoms with Crippen molar-refractivity contribution in [3.8, 4) is 6.07 Å². The Morgan fingerprint density at radius 1 is 1.64 bits per heavy atom. The molecule has 0 N–H and O–H groups in total. The summed E-state index contributed by atoms with van der Waals surface area (Å²) in [6, 6.07) is 2.19. The number of methoxy groups -OCH3 is 1. The number of thiazole rings is 1. The lowest BCUT2D eigenvalue weighted by atomic mass is 10.2. The Hall–Kier alpha value is -0.920. The van der Waals surface area contributed by atoms with E-state index < -0.39 is 0 Å². The summed E-state index contributed by atoms with van der Waals surface area (Å²) in [6.45, 7) is 0.565. The van der Waals surface area contributed by atoms with Gasteiger partial charge in [-0.05, 0) is 12.8 Å². The van der Waals surface area contributed by atoms with Crippen LogP contribution in [0.1, 0.15) is 34.3 Å². The lowest BCUT2D eigenvalue weighted by molar-refractivity contribution is 0.184. The van der Waals surface area contributed by atoms with Gasteiger partial charge in [0, 0.05) is 17.9 Å². The third-order valence-electron chi connectivity index (χ3n) is 2.24. The summed E-state index contributed by atoms with van der Waals surface area (Å²) in [4.78, 5) is 5.66. The van der Waals surface area contributed by atoms with Crippen molar-refractivity contribution in [3.05, 3.63) is 15.6 Å². The minimum Gasteiger partial charge on any atom is -0.378 e. The summed E-state index contributed by atoms with van der Waals surface area (Å²) in [6.07, 6.45) is 2.95. The molecule has 2 rings (SSSR count). The standard InChI is InChI=1S/C10H12N2OS/c1-13-6-9-12-10(7-2-3-7)8(14-9)4-5-11/h7H,2-4,6H2,1H3. The quantitative estimate of drug-likeness (QED) is 0.762. The molecule has 1 aromatic heterocycles. The molecule has 0 aliphatic heterocycles. The highest BCUT2D eigenvalue weighted by Gasteiger charge is 2.29. The van der Waals surface area contributed by atoms with Crippen LogP contribution in [0.25, 0.3) is 0 Å². The molecule has 0 radical (unpaired) electrons. The van der Waals surface area contributed by atoms with Crippen LogP contribution in [0.5, 0.6) is 0 Å². The molecule has 0 saturated heterocycles. The number of rotatable bonds is 4. The second-order valence-electron chi connectivity index (χ2n) is 3.46. The monoisotopic (exact) mass is 208 g/mol. The first kappa shape index (κ1) is 9.63. The van der Waals surface area contributed by atoms with E-state index in [9.17, 15) is 0 Å². The molecule has 0 atom stereocenters. The number of hydrogen-bond donors (Lipinski definition) is 0. The molecule has 74 valence electrons. The molecule has 4 heteroatoms. The Morgan fingerprint density at radius 3 is 3.00 bits per heavy atom. The molecule has 1 saturated carbocycles. The second-order valence-corrected chi connectivity index (χ2v) is 4.63. The Balaban J connectivity index is 2.22. The highest BCUT2D eigenvalue weighted by molar-refractivity contribution is 7.11. The third kappa shape index (κ3) is 1.94. The van der Waals surface area contributed by atoms with Crippen LogP contribution in [0.15, 0.2) is 0 Å². The first-order chi connectivity index (χ1) is 6.85. The van der Waals surface area contributed by atoms with Gasteiger partial charge in [-0.3, -0.25) is 0 Å². The van der Waals surface area contributed by atoms with Crippen LogP contribution in [0.3, 0.4) is 0 Å². The number of hydrogen-bond acceptors (Lipinski definition) is 4. The van der Waals surface area contributed by atoms with Gasteiger partial charge in [-0.25, -0.2) is 4.98 Å². The van der Waals surface area contributed by atoms with E-state index in [0.29, 0.717) is 18.9 Å². The van der Waals surface area contributed by atoms with Gasteiger partial charge >= 0.3 is 0 Å². The number of aromatic nitrogens is 1. The normalized spacial score (nSPS) is 15.4. The molecule has 1 aromatic rings. The van der Waals surface area contributed by atoms with E-state index >= 15 is 0 Å². The van der Waals surface area contributed by atoms with Crippen LogP contribution in [0.2, 0.25) is 0 Å². The molecule has 0 amide bonds. The van der Waals surface area contributed by atoms with E-state index in [1.807, 2.05) is 0 Å². The van der Waals surface area contributed by atoms with Gasteiger partial charge in [0.15, 0.2) is 0 Å². The smallest absolute Gasteiger partial charge is 0.119 e. The fourth-order valence-electron chi connectivity index (χ4n) is 1.47. The SMILES string of the molecule is COCc1nc(C2CC2)c(CC#N)s1. The molecular weight excluding hydrogens is 196 g/mol. The summed E-state index contributed by atoms with van der Waals surface area (Å²) < 4.78 is 5.04. The van der Waals surface area contributed by atoms with Gasteiger partial charge < -0.3 is 4.74 Å². The maximum atomic E-state index is 8.68. The second kappa shape index (κ2) is 4.07. The largest absolute Gasteiger partial charge is 0.378 e. The molecule has 0 unspecified atom stereocenters. The zero-order valence-electron chi connectivity index (χ0n) is 8.12. The first-order valence-corrected chi connectivity index (χ1v) is 5.51. The highest BCUT2D eigenvalue weighted by Crippen LogP contribution is 2.42. The van der Waals surface area contributed by atoms with Gasteiger partial charge in [-0.15, -0.1) is 11.3 Å². The average Bonchev–Trinajstić information content (AvgIpc) is 2.92. The van der Waals surface area contributed by atoms with E-state index in [1.54, 1.807) is 18.4 Å². The number of nitrogens with zero attached hydrogens (tertiary/aromatic N) is 2. The summed E-state index contributed by atoms with van der Waals surface area (Å²) in [5, 5.41) is 9.68. The van der Waals surface area contributed by atoms with Crippen LogP contribution < -0.4 is 0 Å². The Labute approximate surface area is 87.3 Å². The molecule has 1 heterocycles. The van der Waals surface area contributed by atoms with E-state index in [-0.39, 0.29) is 0 Å². The molecular formula is C10H12N2OS. The minimum absolute atomic E-state index is 0.493. The van der Waals surface area contributed by atoms with E-state index in [1.165, 1.54) is 12.8 Å². The van der Waals surface area contributed by atoms with Crippen LogP contribution in [-0.2, 0) is 17.8 Å².